The molecule has 1 atom stereocenters. The average Bonchev–Trinajstić information content (AvgIpc) is 3.26. The smallest absolute Gasteiger partial charge is 0.309 e. The van der Waals surface area contributed by atoms with E-state index in [4.69, 9.17) is 14.2 Å². The number of benzene rings is 1. The highest BCUT2D eigenvalue weighted by molar-refractivity contribution is 5.72. The van der Waals surface area contributed by atoms with Gasteiger partial charge in [0.15, 0.2) is 11.5 Å². The predicted molar refractivity (Wildman–Crippen MR) is 115 cm³/mol. The summed E-state index contributed by atoms with van der Waals surface area (Å²) in [5.41, 5.74) is 1.13. The number of esters is 1. The Morgan fingerprint density at radius 2 is 1.87 bits per heavy atom. The lowest BCUT2D eigenvalue weighted by Gasteiger charge is -2.31. The summed E-state index contributed by atoms with van der Waals surface area (Å²) in [6, 6.07) is 5.96. The molecule has 1 aromatic carbocycles. The van der Waals surface area contributed by atoms with Crippen molar-refractivity contribution in [2.24, 2.45) is 5.92 Å². The van der Waals surface area contributed by atoms with Crippen LogP contribution in [-0.4, -0.2) is 80.0 Å². The van der Waals surface area contributed by atoms with E-state index < -0.39 is 6.10 Å². The molecule has 7 nitrogen and oxygen atoms in total. The van der Waals surface area contributed by atoms with Gasteiger partial charge in [-0.05, 0) is 76.5 Å². The van der Waals surface area contributed by atoms with E-state index in [1.807, 2.05) is 25.1 Å². The highest BCUT2D eigenvalue weighted by Crippen LogP contribution is 2.29. The molecule has 0 aliphatic carbocycles. The molecule has 0 radical (unpaired) electrons. The first-order valence-electron chi connectivity index (χ1n) is 11.2. The average molecular weight is 421 g/mol. The van der Waals surface area contributed by atoms with Crippen molar-refractivity contribution in [1.29, 1.82) is 0 Å². The van der Waals surface area contributed by atoms with Gasteiger partial charge in [0.1, 0.15) is 12.7 Å². The second-order valence-corrected chi connectivity index (χ2v) is 8.26. The van der Waals surface area contributed by atoms with Gasteiger partial charge in [-0.25, -0.2) is 0 Å². The van der Waals surface area contributed by atoms with Crippen molar-refractivity contribution in [3.05, 3.63) is 23.8 Å². The lowest BCUT2D eigenvalue weighted by atomic mass is 9.96. The number of β-amino-alcohol motifs (C(OH)–C–C–N with tert-alkyl or cyclic N) is 1. The summed E-state index contributed by atoms with van der Waals surface area (Å²) in [5.74, 6) is 1.29. The number of rotatable bonds is 10. The van der Waals surface area contributed by atoms with Gasteiger partial charge in [-0.2, -0.15) is 0 Å². The van der Waals surface area contributed by atoms with Gasteiger partial charge in [0.25, 0.3) is 0 Å². The fourth-order valence-corrected chi connectivity index (χ4v) is 4.28. The topological polar surface area (TPSA) is 71.5 Å². The van der Waals surface area contributed by atoms with Gasteiger partial charge in [0.2, 0.25) is 0 Å². The summed E-state index contributed by atoms with van der Waals surface area (Å²) >= 11 is 0. The van der Waals surface area contributed by atoms with Crippen molar-refractivity contribution in [1.82, 2.24) is 9.80 Å². The van der Waals surface area contributed by atoms with Crippen LogP contribution in [0, 0.1) is 5.92 Å². The standard InChI is InChI=1S/C23H36N2O5/c1-3-29-23(27)19-8-12-25(13-9-19)15-18-6-7-21(28-2)22(14-18)30-17-20(26)16-24-10-4-5-11-24/h6-7,14,19-20,26H,3-5,8-13,15-17H2,1-2H3/t20-/m1/s1. The van der Waals surface area contributed by atoms with Crippen molar-refractivity contribution in [2.75, 3.05) is 53.0 Å². The van der Waals surface area contributed by atoms with Crippen LogP contribution in [0.1, 0.15) is 38.2 Å². The van der Waals surface area contributed by atoms with Crippen LogP contribution in [0.15, 0.2) is 18.2 Å². The SMILES string of the molecule is CCOC(=O)C1CCN(Cc2ccc(OC)c(OC[C@H](O)CN3CCCC3)c2)CC1. The normalized spacial score (nSPS) is 19.6. The molecule has 1 N–H and O–H groups in total. The maximum absolute atomic E-state index is 11.9. The van der Waals surface area contributed by atoms with Crippen molar-refractivity contribution in [3.63, 3.8) is 0 Å². The van der Waals surface area contributed by atoms with E-state index in [2.05, 4.69) is 9.80 Å². The Morgan fingerprint density at radius 3 is 2.53 bits per heavy atom. The predicted octanol–water partition coefficient (Wildman–Crippen LogP) is 2.31. The Morgan fingerprint density at radius 1 is 1.13 bits per heavy atom. The van der Waals surface area contributed by atoms with Gasteiger partial charge in [-0.15, -0.1) is 0 Å². The number of hydrogen-bond donors (Lipinski definition) is 1. The Kier molecular flexibility index (Phi) is 8.78. The zero-order valence-electron chi connectivity index (χ0n) is 18.3. The molecule has 2 aliphatic rings. The molecule has 7 heteroatoms. The van der Waals surface area contributed by atoms with Crippen LogP contribution in [0.2, 0.25) is 0 Å². The molecule has 0 aromatic heterocycles. The van der Waals surface area contributed by atoms with Gasteiger partial charge in [-0.3, -0.25) is 9.69 Å². The summed E-state index contributed by atoms with van der Waals surface area (Å²) in [7, 11) is 1.63. The molecule has 0 bridgehead atoms. The number of ether oxygens (including phenoxy) is 3. The van der Waals surface area contributed by atoms with E-state index >= 15 is 0 Å². The quantitative estimate of drug-likeness (QED) is 0.583. The highest BCUT2D eigenvalue weighted by Gasteiger charge is 2.26. The molecule has 2 heterocycles. The molecule has 0 saturated carbocycles. The van der Waals surface area contributed by atoms with Crippen LogP contribution >= 0.6 is 0 Å². The number of piperidine rings is 1. The minimum atomic E-state index is -0.515. The fraction of sp³-hybridized carbons (Fsp3) is 0.696. The maximum Gasteiger partial charge on any atom is 0.309 e. The second-order valence-electron chi connectivity index (χ2n) is 8.26. The molecule has 3 rings (SSSR count). The van der Waals surface area contributed by atoms with E-state index in [9.17, 15) is 9.90 Å². The molecule has 30 heavy (non-hydrogen) atoms. The van der Waals surface area contributed by atoms with Crippen LogP contribution in [0.5, 0.6) is 11.5 Å². The Balaban J connectivity index is 1.50. The summed E-state index contributed by atoms with van der Waals surface area (Å²) in [5, 5.41) is 10.3. The highest BCUT2D eigenvalue weighted by atomic mass is 16.5. The Labute approximate surface area is 179 Å². The number of aliphatic hydroxyl groups excluding tert-OH is 1. The molecule has 2 aliphatic heterocycles. The number of carbonyl (C=O) groups is 1. The molecule has 0 amide bonds. The minimum Gasteiger partial charge on any atom is -0.493 e. The summed E-state index contributed by atoms with van der Waals surface area (Å²) in [4.78, 5) is 16.5. The molecule has 1 aromatic rings. The number of hydrogen-bond acceptors (Lipinski definition) is 7. The van der Waals surface area contributed by atoms with Gasteiger partial charge in [-0.1, -0.05) is 6.07 Å². The Hall–Kier alpha value is -1.83. The zero-order valence-corrected chi connectivity index (χ0v) is 18.3. The molecule has 2 fully saturated rings. The second kappa shape index (κ2) is 11.5. The third kappa shape index (κ3) is 6.59. The van der Waals surface area contributed by atoms with Crippen LogP contribution in [0.3, 0.4) is 0 Å². The van der Waals surface area contributed by atoms with Crippen molar-refractivity contribution in [3.8, 4) is 11.5 Å². The maximum atomic E-state index is 11.9. The molecule has 2 saturated heterocycles. The molecular formula is C23H36N2O5. The Bertz CT molecular complexity index is 670. The minimum absolute atomic E-state index is 0.0213. The van der Waals surface area contributed by atoms with E-state index in [1.165, 1.54) is 12.8 Å². The van der Waals surface area contributed by atoms with E-state index in [0.29, 0.717) is 24.7 Å². The van der Waals surface area contributed by atoms with Crippen molar-refractivity contribution in [2.45, 2.75) is 45.3 Å². The van der Waals surface area contributed by atoms with Crippen LogP contribution in [0.4, 0.5) is 0 Å². The van der Waals surface area contributed by atoms with Gasteiger partial charge >= 0.3 is 5.97 Å². The molecule has 0 spiro atoms. The lowest BCUT2D eigenvalue weighted by Crippen LogP contribution is -2.36. The molecular weight excluding hydrogens is 384 g/mol. The van der Waals surface area contributed by atoms with Crippen LogP contribution in [-0.2, 0) is 16.1 Å². The number of methoxy groups -OCH3 is 1. The van der Waals surface area contributed by atoms with Crippen molar-refractivity contribution < 1.29 is 24.1 Å². The van der Waals surface area contributed by atoms with E-state index in [-0.39, 0.29) is 18.5 Å². The number of likely N-dealkylation sites (tertiary alicyclic amines) is 2. The number of aliphatic hydroxyl groups is 1. The summed E-state index contributed by atoms with van der Waals surface area (Å²) in [6.45, 7) is 7.86. The van der Waals surface area contributed by atoms with E-state index in [0.717, 1.165) is 51.1 Å². The summed E-state index contributed by atoms with van der Waals surface area (Å²) in [6.07, 6.45) is 3.57. The summed E-state index contributed by atoms with van der Waals surface area (Å²) < 4.78 is 16.5. The first-order chi connectivity index (χ1) is 14.6. The molecule has 168 valence electrons. The zero-order chi connectivity index (χ0) is 21.3. The van der Waals surface area contributed by atoms with Gasteiger partial charge in [0.05, 0.1) is 19.6 Å². The third-order valence-corrected chi connectivity index (χ3v) is 5.94. The third-order valence-electron chi connectivity index (χ3n) is 5.94. The largest absolute Gasteiger partial charge is 0.493 e. The van der Waals surface area contributed by atoms with Crippen LogP contribution in [0.25, 0.3) is 0 Å². The monoisotopic (exact) mass is 420 g/mol. The fourth-order valence-electron chi connectivity index (χ4n) is 4.28. The van der Waals surface area contributed by atoms with Crippen LogP contribution < -0.4 is 9.47 Å². The van der Waals surface area contributed by atoms with E-state index in [1.54, 1.807) is 7.11 Å². The first-order valence-corrected chi connectivity index (χ1v) is 11.2. The number of carbonyl (C=O) groups excluding carboxylic acids is 1. The lowest BCUT2D eigenvalue weighted by molar-refractivity contribution is -0.149. The van der Waals surface area contributed by atoms with Crippen molar-refractivity contribution >= 4 is 5.97 Å². The number of nitrogens with zero attached hydrogens (tertiary/aromatic N) is 2. The van der Waals surface area contributed by atoms with Gasteiger partial charge in [0, 0.05) is 13.1 Å². The first kappa shape index (κ1) is 22.8. The van der Waals surface area contributed by atoms with Gasteiger partial charge < -0.3 is 24.2 Å². The molecule has 0 unspecified atom stereocenters.